The fourth-order valence-corrected chi connectivity index (χ4v) is 2.43. The van der Waals surface area contributed by atoms with Crippen molar-refractivity contribution in [2.45, 2.75) is 32.6 Å². The molecule has 2 heterocycles. The van der Waals surface area contributed by atoms with E-state index < -0.39 is 0 Å². The van der Waals surface area contributed by atoms with Crippen molar-refractivity contribution in [2.75, 3.05) is 19.6 Å². The van der Waals surface area contributed by atoms with E-state index in [0.717, 1.165) is 38.3 Å². The van der Waals surface area contributed by atoms with Crippen molar-refractivity contribution in [1.29, 1.82) is 0 Å². The van der Waals surface area contributed by atoms with E-state index in [1.54, 1.807) is 0 Å². The van der Waals surface area contributed by atoms with Crippen LogP contribution in [0, 0.1) is 11.8 Å². The molecule has 2 rings (SSSR count). The Kier molecular flexibility index (Phi) is 3.46. The van der Waals surface area contributed by atoms with Gasteiger partial charge in [0.2, 0.25) is 11.8 Å². The SMILES string of the molecule is CC1CCN(C(=O)C2CCC(=O)NC2)CC1. The Hall–Kier alpha value is -1.06. The average molecular weight is 224 g/mol. The molecule has 16 heavy (non-hydrogen) atoms. The second-order valence-corrected chi connectivity index (χ2v) is 5.05. The topological polar surface area (TPSA) is 49.4 Å². The third-order valence-electron chi connectivity index (χ3n) is 3.71. The van der Waals surface area contributed by atoms with E-state index >= 15 is 0 Å². The van der Waals surface area contributed by atoms with Crippen molar-refractivity contribution in [2.24, 2.45) is 11.8 Å². The van der Waals surface area contributed by atoms with Crippen molar-refractivity contribution in [3.05, 3.63) is 0 Å². The van der Waals surface area contributed by atoms with Gasteiger partial charge in [-0.15, -0.1) is 0 Å². The van der Waals surface area contributed by atoms with Gasteiger partial charge in [0.25, 0.3) is 0 Å². The molecule has 1 N–H and O–H groups in total. The monoisotopic (exact) mass is 224 g/mol. The van der Waals surface area contributed by atoms with E-state index in [2.05, 4.69) is 12.2 Å². The van der Waals surface area contributed by atoms with E-state index in [1.807, 2.05) is 4.90 Å². The molecule has 0 spiro atoms. The second-order valence-electron chi connectivity index (χ2n) is 5.05. The number of hydrogen-bond acceptors (Lipinski definition) is 2. The largest absolute Gasteiger partial charge is 0.355 e. The standard InChI is InChI=1S/C12H20N2O2/c1-9-4-6-14(7-5-9)12(16)10-2-3-11(15)13-8-10/h9-10H,2-8H2,1H3,(H,13,15). The first kappa shape index (κ1) is 11.4. The minimum atomic E-state index is 0.0195. The molecule has 2 saturated heterocycles. The first-order valence-corrected chi connectivity index (χ1v) is 6.22. The summed E-state index contributed by atoms with van der Waals surface area (Å²) in [5.41, 5.74) is 0. The van der Waals surface area contributed by atoms with Crippen LogP contribution in [0.3, 0.4) is 0 Å². The Morgan fingerprint density at radius 2 is 2.00 bits per heavy atom. The molecule has 4 heteroatoms. The highest BCUT2D eigenvalue weighted by Crippen LogP contribution is 2.20. The van der Waals surface area contributed by atoms with Gasteiger partial charge in [-0.25, -0.2) is 0 Å². The zero-order valence-corrected chi connectivity index (χ0v) is 9.87. The molecule has 90 valence electrons. The van der Waals surface area contributed by atoms with Gasteiger partial charge < -0.3 is 10.2 Å². The van der Waals surface area contributed by atoms with Crippen LogP contribution in [0.25, 0.3) is 0 Å². The molecule has 2 fully saturated rings. The van der Waals surface area contributed by atoms with Crippen LogP contribution in [-0.2, 0) is 9.59 Å². The maximum atomic E-state index is 12.1. The summed E-state index contributed by atoms with van der Waals surface area (Å²) in [6, 6.07) is 0. The fraction of sp³-hybridized carbons (Fsp3) is 0.833. The van der Waals surface area contributed by atoms with Crippen LogP contribution < -0.4 is 5.32 Å². The lowest BCUT2D eigenvalue weighted by molar-refractivity contribution is -0.138. The molecular formula is C12H20N2O2. The van der Waals surface area contributed by atoms with Crippen LogP contribution in [-0.4, -0.2) is 36.3 Å². The van der Waals surface area contributed by atoms with Gasteiger partial charge in [0.15, 0.2) is 0 Å². The summed E-state index contributed by atoms with van der Waals surface area (Å²) in [7, 11) is 0. The maximum absolute atomic E-state index is 12.1. The molecule has 1 unspecified atom stereocenters. The minimum Gasteiger partial charge on any atom is -0.355 e. The van der Waals surface area contributed by atoms with Gasteiger partial charge >= 0.3 is 0 Å². The maximum Gasteiger partial charge on any atom is 0.227 e. The molecule has 0 aliphatic carbocycles. The van der Waals surface area contributed by atoms with E-state index in [4.69, 9.17) is 0 Å². The van der Waals surface area contributed by atoms with E-state index in [9.17, 15) is 9.59 Å². The summed E-state index contributed by atoms with van der Waals surface area (Å²) in [5.74, 6) is 1.09. The highest BCUT2D eigenvalue weighted by atomic mass is 16.2. The molecule has 2 amide bonds. The van der Waals surface area contributed by atoms with Crippen LogP contribution in [0.2, 0.25) is 0 Å². The van der Waals surface area contributed by atoms with E-state index in [1.165, 1.54) is 0 Å². The van der Waals surface area contributed by atoms with Crippen LogP contribution >= 0.6 is 0 Å². The molecule has 0 aromatic rings. The number of amides is 2. The lowest BCUT2D eigenvalue weighted by atomic mass is 9.94. The molecule has 0 bridgehead atoms. The number of carbonyl (C=O) groups is 2. The molecular weight excluding hydrogens is 204 g/mol. The van der Waals surface area contributed by atoms with Gasteiger partial charge in [-0.1, -0.05) is 6.92 Å². The van der Waals surface area contributed by atoms with Gasteiger partial charge in [-0.2, -0.15) is 0 Å². The summed E-state index contributed by atoms with van der Waals surface area (Å²) in [6.07, 6.45) is 3.45. The van der Waals surface area contributed by atoms with Crippen molar-refractivity contribution >= 4 is 11.8 Å². The quantitative estimate of drug-likeness (QED) is 0.715. The van der Waals surface area contributed by atoms with Gasteiger partial charge in [-0.3, -0.25) is 9.59 Å². The molecule has 1 atom stereocenters. The van der Waals surface area contributed by atoms with Gasteiger partial charge in [-0.05, 0) is 25.2 Å². The number of hydrogen-bond donors (Lipinski definition) is 1. The van der Waals surface area contributed by atoms with Crippen molar-refractivity contribution in [3.8, 4) is 0 Å². The first-order chi connectivity index (χ1) is 7.66. The summed E-state index contributed by atoms with van der Waals surface area (Å²) < 4.78 is 0. The molecule has 0 aromatic carbocycles. The van der Waals surface area contributed by atoms with Crippen molar-refractivity contribution in [1.82, 2.24) is 10.2 Å². The van der Waals surface area contributed by atoms with Gasteiger partial charge in [0, 0.05) is 26.1 Å². The molecule has 0 aromatic heterocycles. The number of nitrogens with zero attached hydrogens (tertiary/aromatic N) is 1. The predicted octanol–water partition coefficient (Wildman–Crippen LogP) is 0.771. The number of likely N-dealkylation sites (tertiary alicyclic amines) is 1. The minimum absolute atomic E-state index is 0.0195. The van der Waals surface area contributed by atoms with Crippen LogP contribution in [0.5, 0.6) is 0 Å². The van der Waals surface area contributed by atoms with Crippen molar-refractivity contribution < 1.29 is 9.59 Å². The molecule has 4 nitrogen and oxygen atoms in total. The lowest BCUT2D eigenvalue weighted by Gasteiger charge is -2.34. The van der Waals surface area contributed by atoms with Crippen LogP contribution in [0.1, 0.15) is 32.6 Å². The van der Waals surface area contributed by atoms with E-state index in [-0.39, 0.29) is 17.7 Å². The highest BCUT2D eigenvalue weighted by Gasteiger charge is 2.29. The average Bonchev–Trinajstić information content (AvgIpc) is 2.30. The predicted molar refractivity (Wildman–Crippen MR) is 60.7 cm³/mol. The third kappa shape index (κ3) is 2.54. The third-order valence-corrected chi connectivity index (χ3v) is 3.71. The number of carbonyl (C=O) groups excluding carboxylic acids is 2. The molecule has 2 aliphatic heterocycles. The first-order valence-electron chi connectivity index (χ1n) is 6.22. The van der Waals surface area contributed by atoms with Gasteiger partial charge in [0.1, 0.15) is 0 Å². The van der Waals surface area contributed by atoms with E-state index in [0.29, 0.717) is 13.0 Å². The van der Waals surface area contributed by atoms with Crippen molar-refractivity contribution in [3.63, 3.8) is 0 Å². The van der Waals surface area contributed by atoms with Crippen LogP contribution in [0.4, 0.5) is 0 Å². The lowest BCUT2D eigenvalue weighted by Crippen LogP contribution is -2.47. The number of nitrogens with one attached hydrogen (secondary N) is 1. The normalized spacial score (nSPS) is 27.7. The Labute approximate surface area is 96.4 Å². The van der Waals surface area contributed by atoms with Gasteiger partial charge in [0.05, 0.1) is 5.92 Å². The Balaban J connectivity index is 1.85. The summed E-state index contributed by atoms with van der Waals surface area (Å²) in [4.78, 5) is 25.1. The number of rotatable bonds is 1. The molecule has 0 saturated carbocycles. The number of piperidine rings is 2. The smallest absolute Gasteiger partial charge is 0.227 e. The summed E-state index contributed by atoms with van der Waals surface area (Å²) in [6.45, 7) is 4.56. The fourth-order valence-electron chi connectivity index (χ4n) is 2.43. The molecule has 2 aliphatic rings. The molecule has 0 radical (unpaired) electrons. The zero-order chi connectivity index (χ0) is 11.5. The zero-order valence-electron chi connectivity index (χ0n) is 9.87. The van der Waals surface area contributed by atoms with Crippen LogP contribution in [0.15, 0.2) is 0 Å². The Bertz CT molecular complexity index is 273. The highest BCUT2D eigenvalue weighted by molar-refractivity contribution is 5.83. The summed E-state index contributed by atoms with van der Waals surface area (Å²) >= 11 is 0. The Morgan fingerprint density at radius 1 is 1.31 bits per heavy atom. The summed E-state index contributed by atoms with van der Waals surface area (Å²) in [5, 5.41) is 2.77. The Morgan fingerprint density at radius 3 is 2.56 bits per heavy atom. The second kappa shape index (κ2) is 4.85.